The first kappa shape index (κ1) is 13.1. The standard InChI is InChI=1S/C13H21N3O2/c1-9-7-10(2)16(14-9)12-5-4-6-15(8-12)11(3)13(17)18/h7,11-12H,4-6,8H2,1-3H3,(H,17,18). The fourth-order valence-corrected chi connectivity index (χ4v) is 2.71. The van der Waals surface area contributed by atoms with Gasteiger partial charge in [-0.25, -0.2) is 0 Å². The molecule has 1 aromatic rings. The predicted molar refractivity (Wildman–Crippen MR) is 68.6 cm³/mol. The largest absolute Gasteiger partial charge is 0.480 e. The number of aryl methyl sites for hydroxylation is 2. The van der Waals surface area contributed by atoms with E-state index in [0.717, 1.165) is 37.3 Å². The molecule has 1 aromatic heterocycles. The van der Waals surface area contributed by atoms with E-state index in [-0.39, 0.29) is 0 Å². The van der Waals surface area contributed by atoms with Gasteiger partial charge in [-0.15, -0.1) is 0 Å². The molecule has 5 heteroatoms. The molecule has 1 fully saturated rings. The SMILES string of the molecule is Cc1cc(C)n(C2CCCN(C(C)C(=O)O)C2)n1. The summed E-state index contributed by atoms with van der Waals surface area (Å²) in [5.74, 6) is -0.746. The molecule has 2 atom stereocenters. The molecule has 1 saturated heterocycles. The normalized spacial score (nSPS) is 22.9. The number of carbonyl (C=O) groups is 1. The Morgan fingerprint density at radius 1 is 1.56 bits per heavy atom. The Kier molecular flexibility index (Phi) is 3.71. The van der Waals surface area contributed by atoms with Crippen LogP contribution in [0.5, 0.6) is 0 Å². The highest BCUT2D eigenvalue weighted by molar-refractivity contribution is 5.72. The molecule has 2 unspecified atom stereocenters. The summed E-state index contributed by atoms with van der Waals surface area (Å²) < 4.78 is 2.05. The Hall–Kier alpha value is -1.36. The minimum atomic E-state index is -0.746. The zero-order valence-electron chi connectivity index (χ0n) is 11.3. The lowest BCUT2D eigenvalue weighted by Crippen LogP contribution is -2.45. The van der Waals surface area contributed by atoms with Crippen molar-refractivity contribution in [1.82, 2.24) is 14.7 Å². The van der Waals surface area contributed by atoms with Crippen LogP contribution in [0.3, 0.4) is 0 Å². The predicted octanol–water partition coefficient (Wildman–Crippen LogP) is 1.61. The highest BCUT2D eigenvalue weighted by Crippen LogP contribution is 2.24. The number of aliphatic carboxylic acids is 1. The van der Waals surface area contributed by atoms with Crippen LogP contribution in [0.15, 0.2) is 6.07 Å². The van der Waals surface area contributed by atoms with Crippen LogP contribution in [0.2, 0.25) is 0 Å². The number of carboxylic acids is 1. The lowest BCUT2D eigenvalue weighted by molar-refractivity contribution is -0.143. The Bertz CT molecular complexity index is 441. The van der Waals surface area contributed by atoms with Gasteiger partial charge in [0.2, 0.25) is 0 Å². The molecular formula is C13H21N3O2. The summed E-state index contributed by atoms with van der Waals surface area (Å²) in [6.07, 6.45) is 2.10. The highest BCUT2D eigenvalue weighted by Gasteiger charge is 2.28. The van der Waals surface area contributed by atoms with Crippen LogP contribution < -0.4 is 0 Å². The molecule has 18 heavy (non-hydrogen) atoms. The topological polar surface area (TPSA) is 58.4 Å². The van der Waals surface area contributed by atoms with Gasteiger partial charge in [-0.1, -0.05) is 0 Å². The number of hydrogen-bond acceptors (Lipinski definition) is 3. The van der Waals surface area contributed by atoms with Crippen molar-refractivity contribution in [2.75, 3.05) is 13.1 Å². The Labute approximate surface area is 107 Å². The van der Waals surface area contributed by atoms with Gasteiger partial charge in [0.1, 0.15) is 6.04 Å². The van der Waals surface area contributed by atoms with E-state index >= 15 is 0 Å². The molecule has 0 aliphatic carbocycles. The number of aromatic nitrogens is 2. The first-order valence-electron chi connectivity index (χ1n) is 6.48. The zero-order chi connectivity index (χ0) is 13.3. The second-order valence-corrected chi connectivity index (χ2v) is 5.18. The molecule has 2 heterocycles. The van der Waals surface area contributed by atoms with Crippen LogP contribution in [0, 0.1) is 13.8 Å². The van der Waals surface area contributed by atoms with Crippen LogP contribution in [0.25, 0.3) is 0 Å². The van der Waals surface area contributed by atoms with Crippen molar-refractivity contribution in [3.05, 3.63) is 17.5 Å². The molecule has 1 aliphatic rings. The molecule has 0 amide bonds. The number of rotatable bonds is 3. The highest BCUT2D eigenvalue weighted by atomic mass is 16.4. The van der Waals surface area contributed by atoms with E-state index in [1.165, 1.54) is 0 Å². The zero-order valence-corrected chi connectivity index (χ0v) is 11.3. The molecule has 100 valence electrons. The van der Waals surface area contributed by atoms with Crippen molar-refractivity contribution in [1.29, 1.82) is 0 Å². The smallest absolute Gasteiger partial charge is 0.320 e. The Morgan fingerprint density at radius 2 is 2.28 bits per heavy atom. The fourth-order valence-electron chi connectivity index (χ4n) is 2.71. The lowest BCUT2D eigenvalue weighted by atomic mass is 10.0. The van der Waals surface area contributed by atoms with Gasteiger partial charge in [-0.2, -0.15) is 5.10 Å². The third kappa shape index (κ3) is 2.56. The van der Waals surface area contributed by atoms with E-state index in [0.29, 0.717) is 6.04 Å². The maximum Gasteiger partial charge on any atom is 0.320 e. The minimum Gasteiger partial charge on any atom is -0.480 e. The number of likely N-dealkylation sites (tertiary alicyclic amines) is 1. The number of nitrogens with zero attached hydrogens (tertiary/aromatic N) is 3. The van der Waals surface area contributed by atoms with Crippen LogP contribution in [-0.4, -0.2) is 44.9 Å². The Balaban J connectivity index is 2.11. The van der Waals surface area contributed by atoms with Gasteiger partial charge in [0, 0.05) is 12.2 Å². The van der Waals surface area contributed by atoms with Crippen molar-refractivity contribution >= 4 is 5.97 Å². The van der Waals surface area contributed by atoms with Crippen LogP contribution in [0.4, 0.5) is 0 Å². The van der Waals surface area contributed by atoms with Crippen molar-refractivity contribution in [2.45, 2.75) is 45.7 Å². The van der Waals surface area contributed by atoms with Gasteiger partial charge in [0.15, 0.2) is 0 Å². The first-order valence-corrected chi connectivity index (χ1v) is 6.48. The third-order valence-electron chi connectivity index (χ3n) is 3.72. The molecular weight excluding hydrogens is 230 g/mol. The van der Waals surface area contributed by atoms with Crippen molar-refractivity contribution < 1.29 is 9.90 Å². The summed E-state index contributed by atoms with van der Waals surface area (Å²) in [6, 6.07) is 1.96. The van der Waals surface area contributed by atoms with Gasteiger partial charge < -0.3 is 5.11 Å². The number of hydrogen-bond donors (Lipinski definition) is 1. The van der Waals surface area contributed by atoms with Gasteiger partial charge in [-0.05, 0) is 46.2 Å². The maximum absolute atomic E-state index is 11.0. The quantitative estimate of drug-likeness (QED) is 0.886. The first-order chi connectivity index (χ1) is 8.49. The molecule has 1 N–H and O–H groups in total. The summed E-state index contributed by atoms with van der Waals surface area (Å²) >= 11 is 0. The molecule has 0 saturated carbocycles. The van der Waals surface area contributed by atoms with E-state index < -0.39 is 12.0 Å². The van der Waals surface area contributed by atoms with E-state index in [9.17, 15) is 4.79 Å². The summed E-state index contributed by atoms with van der Waals surface area (Å²) in [7, 11) is 0. The molecule has 0 aromatic carbocycles. The summed E-state index contributed by atoms with van der Waals surface area (Å²) in [6.45, 7) is 7.44. The minimum absolute atomic E-state index is 0.300. The third-order valence-corrected chi connectivity index (χ3v) is 3.72. The molecule has 1 aliphatic heterocycles. The van der Waals surface area contributed by atoms with E-state index in [1.54, 1.807) is 6.92 Å². The molecule has 0 spiro atoms. The lowest BCUT2D eigenvalue weighted by Gasteiger charge is -2.35. The second-order valence-electron chi connectivity index (χ2n) is 5.18. The van der Waals surface area contributed by atoms with Gasteiger partial charge in [-0.3, -0.25) is 14.4 Å². The molecule has 0 bridgehead atoms. The van der Waals surface area contributed by atoms with Crippen molar-refractivity contribution in [3.8, 4) is 0 Å². The molecule has 0 radical (unpaired) electrons. The van der Waals surface area contributed by atoms with E-state index in [2.05, 4.69) is 22.8 Å². The van der Waals surface area contributed by atoms with Crippen LogP contribution in [0.1, 0.15) is 37.2 Å². The van der Waals surface area contributed by atoms with Crippen LogP contribution >= 0.6 is 0 Å². The maximum atomic E-state index is 11.0. The Morgan fingerprint density at radius 3 is 2.83 bits per heavy atom. The molecule has 5 nitrogen and oxygen atoms in total. The monoisotopic (exact) mass is 251 g/mol. The van der Waals surface area contributed by atoms with E-state index in [4.69, 9.17) is 5.11 Å². The van der Waals surface area contributed by atoms with Crippen LogP contribution in [-0.2, 0) is 4.79 Å². The summed E-state index contributed by atoms with van der Waals surface area (Å²) in [4.78, 5) is 13.1. The fraction of sp³-hybridized carbons (Fsp3) is 0.692. The number of carboxylic acid groups (broad SMARTS) is 1. The average molecular weight is 251 g/mol. The van der Waals surface area contributed by atoms with Gasteiger partial charge >= 0.3 is 5.97 Å². The van der Waals surface area contributed by atoms with Gasteiger partial charge in [0.05, 0.1) is 11.7 Å². The number of piperidine rings is 1. The van der Waals surface area contributed by atoms with Crippen molar-refractivity contribution in [3.63, 3.8) is 0 Å². The van der Waals surface area contributed by atoms with Crippen molar-refractivity contribution in [2.24, 2.45) is 0 Å². The van der Waals surface area contributed by atoms with E-state index in [1.807, 2.05) is 11.8 Å². The molecule has 2 rings (SSSR count). The summed E-state index contributed by atoms with van der Waals surface area (Å²) in [5, 5.41) is 13.6. The average Bonchev–Trinajstić information content (AvgIpc) is 2.67. The van der Waals surface area contributed by atoms with Gasteiger partial charge in [0.25, 0.3) is 0 Å². The summed E-state index contributed by atoms with van der Waals surface area (Å²) in [5.41, 5.74) is 2.18. The second kappa shape index (κ2) is 5.10.